The molecule has 0 saturated heterocycles. The molecule has 0 fully saturated rings. The van der Waals surface area contributed by atoms with Crippen molar-refractivity contribution >= 4 is 5.91 Å². The molecule has 1 amide bonds. The number of nitrogens with two attached hydrogens (primary N) is 1. The van der Waals surface area contributed by atoms with Gasteiger partial charge in [0.2, 0.25) is 5.91 Å². The van der Waals surface area contributed by atoms with Crippen LogP contribution in [0.4, 0.5) is 0 Å². The highest BCUT2D eigenvalue weighted by atomic mass is 16.1. The van der Waals surface area contributed by atoms with Crippen molar-refractivity contribution in [3.05, 3.63) is 65.5 Å². The van der Waals surface area contributed by atoms with Crippen LogP contribution in [-0.4, -0.2) is 10.9 Å². The number of aromatic nitrogens is 1. The molecular formula is C15H17N3O. The van der Waals surface area contributed by atoms with Crippen LogP contribution in [0.5, 0.6) is 0 Å². The van der Waals surface area contributed by atoms with E-state index in [9.17, 15) is 4.79 Å². The van der Waals surface area contributed by atoms with Gasteiger partial charge in [0.25, 0.3) is 0 Å². The van der Waals surface area contributed by atoms with Gasteiger partial charge in [-0.25, -0.2) is 0 Å². The summed E-state index contributed by atoms with van der Waals surface area (Å²) in [7, 11) is 0. The first-order chi connectivity index (χ1) is 9.18. The van der Waals surface area contributed by atoms with Gasteiger partial charge in [-0.05, 0) is 30.2 Å². The maximum absolute atomic E-state index is 11.3. The number of pyridine rings is 1. The van der Waals surface area contributed by atoms with Crippen molar-refractivity contribution in [2.45, 2.75) is 19.5 Å². The van der Waals surface area contributed by atoms with Gasteiger partial charge in [-0.1, -0.05) is 24.3 Å². The summed E-state index contributed by atoms with van der Waals surface area (Å²) in [6.45, 7) is 2.65. The molecule has 0 aliphatic rings. The second-order valence-corrected chi connectivity index (χ2v) is 4.41. The quantitative estimate of drug-likeness (QED) is 0.859. The predicted octanol–water partition coefficient (Wildman–Crippen LogP) is 2.03. The third-order valence-corrected chi connectivity index (χ3v) is 3.07. The van der Waals surface area contributed by atoms with E-state index in [-0.39, 0.29) is 6.04 Å². The number of hydrogen-bond acceptors (Lipinski definition) is 3. The molecule has 1 aromatic heterocycles. The van der Waals surface area contributed by atoms with Crippen LogP contribution in [0.2, 0.25) is 0 Å². The van der Waals surface area contributed by atoms with Crippen molar-refractivity contribution in [1.29, 1.82) is 0 Å². The van der Waals surface area contributed by atoms with Crippen LogP contribution in [-0.2, 0) is 6.54 Å². The van der Waals surface area contributed by atoms with Crippen LogP contribution >= 0.6 is 0 Å². The molecule has 0 unspecified atom stereocenters. The van der Waals surface area contributed by atoms with Crippen molar-refractivity contribution in [3.8, 4) is 0 Å². The number of benzene rings is 1. The summed E-state index contributed by atoms with van der Waals surface area (Å²) >= 11 is 0. The topological polar surface area (TPSA) is 68.0 Å². The fraction of sp³-hybridized carbons (Fsp3) is 0.200. The van der Waals surface area contributed by atoms with Crippen LogP contribution in [0, 0.1) is 0 Å². The standard InChI is InChI=1S/C15H17N3O/c1-11(12-6-4-8-17-9-12)18-10-13-5-2-3-7-14(13)15(16)19/h2-9,11,18H,10H2,1H3,(H2,16,19)/t11-/m0/s1. The first-order valence-electron chi connectivity index (χ1n) is 6.19. The molecule has 0 spiro atoms. The zero-order valence-corrected chi connectivity index (χ0v) is 10.8. The van der Waals surface area contributed by atoms with Crippen LogP contribution in [0.3, 0.4) is 0 Å². The van der Waals surface area contributed by atoms with Gasteiger partial charge in [-0.2, -0.15) is 0 Å². The van der Waals surface area contributed by atoms with Crippen molar-refractivity contribution < 1.29 is 4.79 Å². The van der Waals surface area contributed by atoms with E-state index in [1.807, 2.05) is 36.5 Å². The molecule has 0 bridgehead atoms. The molecule has 3 N–H and O–H groups in total. The Morgan fingerprint density at radius 2 is 2.11 bits per heavy atom. The van der Waals surface area contributed by atoms with Crippen LogP contribution < -0.4 is 11.1 Å². The molecule has 4 nitrogen and oxygen atoms in total. The molecule has 1 heterocycles. The van der Waals surface area contributed by atoms with E-state index in [1.54, 1.807) is 12.3 Å². The Labute approximate surface area is 112 Å². The fourth-order valence-electron chi connectivity index (χ4n) is 1.93. The minimum Gasteiger partial charge on any atom is -0.366 e. The van der Waals surface area contributed by atoms with E-state index in [2.05, 4.69) is 17.2 Å². The summed E-state index contributed by atoms with van der Waals surface area (Å²) in [6.07, 6.45) is 3.58. The third kappa shape index (κ3) is 3.39. The van der Waals surface area contributed by atoms with E-state index >= 15 is 0 Å². The summed E-state index contributed by atoms with van der Waals surface area (Å²) in [4.78, 5) is 15.4. The van der Waals surface area contributed by atoms with Gasteiger partial charge in [0.05, 0.1) is 0 Å². The SMILES string of the molecule is C[C@H](NCc1ccccc1C(N)=O)c1cccnc1. The normalized spacial score (nSPS) is 12.1. The van der Waals surface area contributed by atoms with E-state index in [1.165, 1.54) is 0 Å². The lowest BCUT2D eigenvalue weighted by Crippen LogP contribution is -2.21. The van der Waals surface area contributed by atoms with Gasteiger partial charge in [-0.3, -0.25) is 9.78 Å². The largest absolute Gasteiger partial charge is 0.366 e. The maximum Gasteiger partial charge on any atom is 0.249 e. The Balaban J connectivity index is 2.05. The monoisotopic (exact) mass is 255 g/mol. The Morgan fingerprint density at radius 1 is 1.32 bits per heavy atom. The van der Waals surface area contributed by atoms with Gasteiger partial charge >= 0.3 is 0 Å². The van der Waals surface area contributed by atoms with Crippen LogP contribution in [0.25, 0.3) is 0 Å². The molecule has 98 valence electrons. The number of primary amides is 1. The van der Waals surface area contributed by atoms with Crippen molar-refractivity contribution in [2.75, 3.05) is 0 Å². The zero-order chi connectivity index (χ0) is 13.7. The molecule has 0 saturated carbocycles. The number of carbonyl (C=O) groups excluding carboxylic acids is 1. The summed E-state index contributed by atoms with van der Waals surface area (Å²) in [5.74, 6) is -0.397. The summed E-state index contributed by atoms with van der Waals surface area (Å²) in [6, 6.07) is 11.5. The average molecular weight is 255 g/mol. The van der Waals surface area contributed by atoms with Crippen LogP contribution in [0.15, 0.2) is 48.8 Å². The van der Waals surface area contributed by atoms with E-state index < -0.39 is 5.91 Å². The highest BCUT2D eigenvalue weighted by molar-refractivity contribution is 5.94. The summed E-state index contributed by atoms with van der Waals surface area (Å²) in [5.41, 5.74) is 7.94. The fourth-order valence-corrected chi connectivity index (χ4v) is 1.93. The van der Waals surface area contributed by atoms with E-state index in [0.29, 0.717) is 12.1 Å². The van der Waals surface area contributed by atoms with Gasteiger partial charge in [-0.15, -0.1) is 0 Å². The number of amides is 1. The number of rotatable bonds is 5. The lowest BCUT2D eigenvalue weighted by Gasteiger charge is -2.15. The second kappa shape index (κ2) is 6.11. The molecule has 0 radical (unpaired) electrons. The molecule has 0 aliphatic carbocycles. The second-order valence-electron chi connectivity index (χ2n) is 4.41. The van der Waals surface area contributed by atoms with Crippen molar-refractivity contribution in [3.63, 3.8) is 0 Å². The molecule has 4 heteroatoms. The smallest absolute Gasteiger partial charge is 0.249 e. The van der Waals surface area contributed by atoms with Gasteiger partial charge in [0.1, 0.15) is 0 Å². The minimum atomic E-state index is -0.397. The Kier molecular flexibility index (Phi) is 4.26. The van der Waals surface area contributed by atoms with Crippen molar-refractivity contribution in [2.24, 2.45) is 5.73 Å². The Bertz CT molecular complexity index is 554. The molecule has 2 rings (SSSR count). The first kappa shape index (κ1) is 13.2. The Hall–Kier alpha value is -2.20. The van der Waals surface area contributed by atoms with Gasteiger partial charge in [0.15, 0.2) is 0 Å². The lowest BCUT2D eigenvalue weighted by molar-refractivity contribution is 0.0999. The highest BCUT2D eigenvalue weighted by Gasteiger charge is 2.09. The van der Waals surface area contributed by atoms with Crippen LogP contribution in [0.1, 0.15) is 34.5 Å². The summed E-state index contributed by atoms with van der Waals surface area (Å²) < 4.78 is 0. The molecule has 2 aromatic rings. The van der Waals surface area contributed by atoms with E-state index in [0.717, 1.165) is 11.1 Å². The number of carbonyl (C=O) groups is 1. The number of hydrogen-bond donors (Lipinski definition) is 2. The molecule has 1 atom stereocenters. The summed E-state index contributed by atoms with van der Waals surface area (Å²) in [5, 5.41) is 3.36. The number of nitrogens with zero attached hydrogens (tertiary/aromatic N) is 1. The highest BCUT2D eigenvalue weighted by Crippen LogP contribution is 2.13. The predicted molar refractivity (Wildman–Crippen MR) is 74.5 cm³/mol. The first-order valence-corrected chi connectivity index (χ1v) is 6.19. The van der Waals surface area contributed by atoms with Crippen molar-refractivity contribution in [1.82, 2.24) is 10.3 Å². The molecular weight excluding hydrogens is 238 g/mol. The maximum atomic E-state index is 11.3. The third-order valence-electron chi connectivity index (χ3n) is 3.07. The molecule has 19 heavy (non-hydrogen) atoms. The molecule has 0 aliphatic heterocycles. The lowest BCUT2D eigenvalue weighted by atomic mass is 10.1. The minimum absolute atomic E-state index is 0.162. The number of nitrogens with one attached hydrogen (secondary N) is 1. The van der Waals surface area contributed by atoms with E-state index in [4.69, 9.17) is 5.73 Å². The van der Waals surface area contributed by atoms with Gasteiger partial charge < -0.3 is 11.1 Å². The molecule has 1 aromatic carbocycles. The average Bonchev–Trinajstić information content (AvgIpc) is 2.46. The van der Waals surface area contributed by atoms with Gasteiger partial charge in [0, 0.05) is 30.5 Å². The zero-order valence-electron chi connectivity index (χ0n) is 10.8. The Morgan fingerprint density at radius 3 is 2.79 bits per heavy atom.